The zero-order chi connectivity index (χ0) is 17.8. The van der Waals surface area contributed by atoms with E-state index in [-0.39, 0.29) is 6.03 Å². The monoisotopic (exact) mass is 357 g/mol. The molecule has 0 aromatic carbocycles. The quantitative estimate of drug-likeness (QED) is 0.895. The van der Waals surface area contributed by atoms with Crippen LogP contribution in [0.15, 0.2) is 24.5 Å². The second kappa shape index (κ2) is 8.35. The Hall–Kier alpha value is -1.66. The number of carbonyl (C=O) groups excluding carboxylic acids is 1. The summed E-state index contributed by atoms with van der Waals surface area (Å²) in [5.74, 6) is 0. The second-order valence-corrected chi connectivity index (χ2v) is 7.99. The van der Waals surface area contributed by atoms with Crippen LogP contribution in [0.5, 0.6) is 0 Å². The third kappa shape index (κ3) is 4.35. The number of nitrogens with zero attached hydrogens (tertiary/aromatic N) is 4. The van der Waals surface area contributed by atoms with Gasteiger partial charge < -0.3 is 10.2 Å². The summed E-state index contributed by atoms with van der Waals surface area (Å²) in [5.41, 5.74) is 1.31. The Bertz CT molecular complexity index is 581. The van der Waals surface area contributed by atoms with E-state index in [9.17, 15) is 4.79 Å². The van der Waals surface area contributed by atoms with Gasteiger partial charge in [-0.25, -0.2) is 4.79 Å². The van der Waals surface area contributed by atoms with Crippen LogP contribution < -0.4 is 5.32 Å². The minimum atomic E-state index is 0.152. The first-order valence-electron chi connectivity index (χ1n) is 10.2. The highest BCUT2D eigenvalue weighted by Crippen LogP contribution is 2.21. The first kappa shape index (κ1) is 17.7. The van der Waals surface area contributed by atoms with Crippen LogP contribution in [0.3, 0.4) is 0 Å². The molecule has 3 aliphatic rings. The number of aromatic nitrogens is 1. The van der Waals surface area contributed by atoms with Gasteiger partial charge in [-0.3, -0.25) is 14.8 Å². The molecular weight excluding hydrogens is 326 g/mol. The molecule has 0 saturated carbocycles. The van der Waals surface area contributed by atoms with Gasteiger partial charge in [0.2, 0.25) is 0 Å². The summed E-state index contributed by atoms with van der Waals surface area (Å²) < 4.78 is 0. The number of hydrogen-bond donors (Lipinski definition) is 1. The van der Waals surface area contributed by atoms with Gasteiger partial charge >= 0.3 is 6.03 Å². The van der Waals surface area contributed by atoms with E-state index in [0.29, 0.717) is 12.1 Å². The largest absolute Gasteiger partial charge is 0.335 e. The Morgan fingerprint density at radius 1 is 1.04 bits per heavy atom. The maximum Gasteiger partial charge on any atom is 0.317 e. The molecule has 1 atom stereocenters. The van der Waals surface area contributed by atoms with Crippen LogP contribution in [0.4, 0.5) is 4.79 Å². The SMILES string of the molecule is O=C(NC1CCN(Cc2ccncc2)CC1)N1CCC(N2CCCC2)C1. The van der Waals surface area contributed by atoms with Crippen molar-refractivity contribution in [3.05, 3.63) is 30.1 Å². The van der Waals surface area contributed by atoms with Crippen LogP contribution in [0.2, 0.25) is 0 Å². The zero-order valence-corrected chi connectivity index (χ0v) is 15.6. The van der Waals surface area contributed by atoms with E-state index in [1.165, 1.54) is 31.5 Å². The van der Waals surface area contributed by atoms with E-state index in [4.69, 9.17) is 0 Å². The lowest BCUT2D eigenvalue weighted by atomic mass is 10.0. The number of carbonyl (C=O) groups is 1. The van der Waals surface area contributed by atoms with Crippen LogP contribution in [-0.2, 0) is 6.54 Å². The predicted octanol–water partition coefficient (Wildman–Crippen LogP) is 1.93. The Morgan fingerprint density at radius 3 is 2.50 bits per heavy atom. The van der Waals surface area contributed by atoms with Crippen molar-refractivity contribution >= 4 is 6.03 Å². The summed E-state index contributed by atoms with van der Waals surface area (Å²) in [5, 5.41) is 3.29. The normalized spacial score (nSPS) is 25.7. The van der Waals surface area contributed by atoms with Gasteiger partial charge in [0.15, 0.2) is 0 Å². The van der Waals surface area contributed by atoms with Gasteiger partial charge in [0.25, 0.3) is 0 Å². The molecule has 1 aromatic heterocycles. The predicted molar refractivity (Wildman–Crippen MR) is 102 cm³/mol. The maximum atomic E-state index is 12.6. The van der Waals surface area contributed by atoms with Gasteiger partial charge in [0.1, 0.15) is 0 Å². The highest BCUT2D eigenvalue weighted by molar-refractivity contribution is 5.74. The lowest BCUT2D eigenvalue weighted by Crippen LogP contribution is -2.49. The number of likely N-dealkylation sites (tertiary alicyclic amines) is 3. The molecule has 0 bridgehead atoms. The lowest BCUT2D eigenvalue weighted by molar-refractivity contribution is 0.170. The summed E-state index contributed by atoms with van der Waals surface area (Å²) >= 11 is 0. The topological polar surface area (TPSA) is 51.7 Å². The number of pyridine rings is 1. The molecule has 3 fully saturated rings. The molecule has 142 valence electrons. The number of piperidine rings is 1. The van der Waals surface area contributed by atoms with Crippen LogP contribution in [0, 0.1) is 0 Å². The number of rotatable bonds is 4. The molecule has 1 unspecified atom stereocenters. The van der Waals surface area contributed by atoms with Gasteiger partial charge in [0, 0.05) is 57.2 Å². The Balaban J connectivity index is 1.19. The molecule has 26 heavy (non-hydrogen) atoms. The molecule has 3 saturated heterocycles. The molecule has 1 N–H and O–H groups in total. The van der Waals surface area contributed by atoms with Crippen molar-refractivity contribution in [3.63, 3.8) is 0 Å². The van der Waals surface area contributed by atoms with E-state index < -0.39 is 0 Å². The minimum Gasteiger partial charge on any atom is -0.335 e. The average Bonchev–Trinajstić information content (AvgIpc) is 3.36. The number of hydrogen-bond acceptors (Lipinski definition) is 4. The van der Waals surface area contributed by atoms with Crippen molar-refractivity contribution < 1.29 is 4.79 Å². The van der Waals surface area contributed by atoms with Crippen molar-refractivity contribution in [3.8, 4) is 0 Å². The second-order valence-electron chi connectivity index (χ2n) is 7.99. The van der Waals surface area contributed by atoms with Gasteiger partial charge in [-0.05, 0) is 62.9 Å². The van der Waals surface area contributed by atoms with Crippen molar-refractivity contribution in [2.24, 2.45) is 0 Å². The third-order valence-electron chi connectivity index (χ3n) is 6.18. The fourth-order valence-electron chi connectivity index (χ4n) is 4.58. The average molecular weight is 358 g/mol. The van der Waals surface area contributed by atoms with Crippen LogP contribution >= 0.6 is 0 Å². The highest BCUT2D eigenvalue weighted by atomic mass is 16.2. The first-order valence-corrected chi connectivity index (χ1v) is 10.2. The van der Waals surface area contributed by atoms with Gasteiger partial charge in [-0.2, -0.15) is 0 Å². The highest BCUT2D eigenvalue weighted by Gasteiger charge is 2.32. The summed E-state index contributed by atoms with van der Waals surface area (Å²) in [6, 6.07) is 5.22. The zero-order valence-electron chi connectivity index (χ0n) is 15.6. The molecule has 6 heteroatoms. The van der Waals surface area contributed by atoms with Crippen molar-refractivity contribution in [1.29, 1.82) is 0 Å². The van der Waals surface area contributed by atoms with Gasteiger partial charge in [-0.1, -0.05) is 0 Å². The summed E-state index contributed by atoms with van der Waals surface area (Å²) in [6.45, 7) is 7.33. The summed E-state index contributed by atoms with van der Waals surface area (Å²) in [4.78, 5) is 23.8. The van der Waals surface area contributed by atoms with Crippen molar-refractivity contribution in [2.75, 3.05) is 39.3 Å². The van der Waals surface area contributed by atoms with Crippen molar-refractivity contribution in [1.82, 2.24) is 25.0 Å². The fourth-order valence-corrected chi connectivity index (χ4v) is 4.58. The molecule has 3 aliphatic heterocycles. The molecule has 6 nitrogen and oxygen atoms in total. The van der Waals surface area contributed by atoms with Gasteiger partial charge in [0.05, 0.1) is 0 Å². The standard InChI is InChI=1S/C20H31N5O/c26-20(25-14-7-19(16-25)24-10-1-2-11-24)22-18-5-12-23(13-6-18)15-17-3-8-21-9-4-17/h3-4,8-9,18-19H,1-2,5-7,10-16H2,(H,22,26). The Morgan fingerprint density at radius 2 is 1.77 bits per heavy atom. The van der Waals surface area contributed by atoms with Crippen LogP contribution in [0.1, 0.15) is 37.7 Å². The Kier molecular flexibility index (Phi) is 5.70. The van der Waals surface area contributed by atoms with E-state index >= 15 is 0 Å². The maximum absolute atomic E-state index is 12.6. The summed E-state index contributed by atoms with van der Waals surface area (Å²) in [6.07, 6.45) is 9.57. The molecular formula is C20H31N5O. The van der Waals surface area contributed by atoms with Crippen LogP contribution in [0.25, 0.3) is 0 Å². The van der Waals surface area contributed by atoms with E-state index in [1.54, 1.807) is 0 Å². The van der Waals surface area contributed by atoms with E-state index in [2.05, 4.69) is 32.2 Å². The smallest absolute Gasteiger partial charge is 0.317 e. The molecule has 4 rings (SSSR count). The Labute approximate surface area is 156 Å². The number of amides is 2. The molecule has 0 spiro atoms. The van der Waals surface area contributed by atoms with Crippen LogP contribution in [-0.4, -0.2) is 77.1 Å². The fraction of sp³-hybridized carbons (Fsp3) is 0.700. The minimum absolute atomic E-state index is 0.152. The van der Waals surface area contributed by atoms with Gasteiger partial charge in [-0.15, -0.1) is 0 Å². The lowest BCUT2D eigenvalue weighted by Gasteiger charge is -2.33. The summed E-state index contributed by atoms with van der Waals surface area (Å²) in [7, 11) is 0. The van der Waals surface area contributed by atoms with Crippen molar-refractivity contribution in [2.45, 2.75) is 50.7 Å². The first-order chi connectivity index (χ1) is 12.8. The molecule has 0 radical (unpaired) electrons. The van der Waals surface area contributed by atoms with E-state index in [1.807, 2.05) is 17.3 Å². The number of nitrogens with one attached hydrogen (secondary N) is 1. The van der Waals surface area contributed by atoms with E-state index in [0.717, 1.165) is 52.0 Å². The number of urea groups is 1. The third-order valence-corrected chi connectivity index (χ3v) is 6.18. The molecule has 0 aliphatic carbocycles. The molecule has 4 heterocycles. The molecule has 1 aromatic rings. The molecule has 2 amide bonds.